The maximum absolute atomic E-state index is 12.5. The maximum Gasteiger partial charge on any atom is 0.252 e. The molecule has 10 heteroatoms. The first kappa shape index (κ1) is 17.1. The van der Waals surface area contributed by atoms with Crippen molar-refractivity contribution >= 4 is 43.7 Å². The van der Waals surface area contributed by atoms with Crippen molar-refractivity contribution < 1.29 is 13.2 Å². The zero-order valence-corrected chi connectivity index (χ0v) is 15.9. The number of nitrogens with one attached hydrogen (secondary N) is 1. The van der Waals surface area contributed by atoms with Gasteiger partial charge in [0.25, 0.3) is 10.0 Å². The highest BCUT2D eigenvalue weighted by Gasteiger charge is 2.33. The van der Waals surface area contributed by atoms with E-state index in [1.165, 1.54) is 27.0 Å². The van der Waals surface area contributed by atoms with E-state index in [2.05, 4.69) is 15.5 Å². The van der Waals surface area contributed by atoms with Crippen molar-refractivity contribution in [1.29, 1.82) is 0 Å². The number of hydrogen-bond acceptors (Lipinski definition) is 7. The van der Waals surface area contributed by atoms with Gasteiger partial charge in [-0.15, -0.1) is 21.5 Å². The summed E-state index contributed by atoms with van der Waals surface area (Å²) in [6, 6.07) is 3.35. The molecule has 1 aliphatic heterocycles. The topological polar surface area (TPSA) is 92.3 Å². The molecule has 1 aliphatic carbocycles. The zero-order chi connectivity index (χ0) is 17.4. The third-order valence-electron chi connectivity index (χ3n) is 4.51. The predicted molar refractivity (Wildman–Crippen MR) is 96.3 cm³/mol. The van der Waals surface area contributed by atoms with Gasteiger partial charge in [0, 0.05) is 24.9 Å². The normalized spacial score (nSPS) is 19.8. The molecule has 1 saturated heterocycles. The van der Waals surface area contributed by atoms with Gasteiger partial charge >= 0.3 is 0 Å². The highest BCUT2D eigenvalue weighted by atomic mass is 32.2. The molecule has 0 spiro atoms. The number of amides is 1. The Labute approximate surface area is 154 Å². The van der Waals surface area contributed by atoms with E-state index in [1.54, 1.807) is 17.5 Å². The van der Waals surface area contributed by atoms with Gasteiger partial charge in [-0.25, -0.2) is 8.42 Å². The monoisotopic (exact) mass is 398 g/mol. The quantitative estimate of drug-likeness (QED) is 0.835. The number of rotatable bonds is 5. The van der Waals surface area contributed by atoms with Gasteiger partial charge in [0.2, 0.25) is 11.0 Å². The Bertz CT molecular complexity index is 850. The average Bonchev–Trinajstić information content (AvgIpc) is 3.11. The molecule has 134 valence electrons. The first-order chi connectivity index (χ1) is 12.0. The number of anilines is 1. The maximum atomic E-state index is 12.5. The molecular formula is C15H18N4O3S3. The number of sulfonamides is 1. The molecule has 0 aromatic carbocycles. The van der Waals surface area contributed by atoms with Crippen molar-refractivity contribution in [2.75, 3.05) is 18.4 Å². The van der Waals surface area contributed by atoms with E-state index < -0.39 is 10.0 Å². The van der Waals surface area contributed by atoms with Gasteiger partial charge in [0.1, 0.15) is 9.22 Å². The highest BCUT2D eigenvalue weighted by Crippen LogP contribution is 2.42. The minimum absolute atomic E-state index is 0.0910. The summed E-state index contributed by atoms with van der Waals surface area (Å²) in [5, 5.41) is 14.3. The van der Waals surface area contributed by atoms with Crippen LogP contribution in [0.5, 0.6) is 0 Å². The van der Waals surface area contributed by atoms with E-state index in [1.807, 2.05) is 0 Å². The van der Waals surface area contributed by atoms with Crippen molar-refractivity contribution in [1.82, 2.24) is 14.5 Å². The number of carbonyl (C=O) groups excluding carboxylic acids is 1. The Morgan fingerprint density at radius 2 is 1.96 bits per heavy atom. The van der Waals surface area contributed by atoms with Crippen LogP contribution in [-0.4, -0.2) is 41.9 Å². The van der Waals surface area contributed by atoms with Crippen molar-refractivity contribution in [2.45, 2.75) is 35.8 Å². The van der Waals surface area contributed by atoms with Gasteiger partial charge in [0.05, 0.1) is 0 Å². The molecule has 25 heavy (non-hydrogen) atoms. The lowest BCUT2D eigenvalue weighted by Gasteiger charge is -2.29. The molecule has 3 heterocycles. The molecule has 0 atom stereocenters. The second kappa shape index (κ2) is 6.75. The van der Waals surface area contributed by atoms with Gasteiger partial charge in [-0.3, -0.25) is 4.79 Å². The molecule has 2 aliphatic rings. The third kappa shape index (κ3) is 3.62. The van der Waals surface area contributed by atoms with Crippen LogP contribution in [-0.2, 0) is 14.8 Å². The zero-order valence-electron chi connectivity index (χ0n) is 13.4. The second-order valence-electron chi connectivity index (χ2n) is 6.32. The van der Waals surface area contributed by atoms with E-state index in [0.29, 0.717) is 41.2 Å². The van der Waals surface area contributed by atoms with Crippen LogP contribution in [0.1, 0.15) is 36.6 Å². The number of nitrogens with zero attached hydrogens (tertiary/aromatic N) is 3. The predicted octanol–water partition coefficient (Wildman–Crippen LogP) is 2.52. The smallest absolute Gasteiger partial charge is 0.252 e. The fourth-order valence-electron chi connectivity index (χ4n) is 2.88. The lowest BCUT2D eigenvalue weighted by Crippen LogP contribution is -2.41. The van der Waals surface area contributed by atoms with Crippen LogP contribution < -0.4 is 5.32 Å². The molecule has 2 fully saturated rings. The molecule has 0 bridgehead atoms. The minimum atomic E-state index is -3.43. The number of carbonyl (C=O) groups is 1. The summed E-state index contributed by atoms with van der Waals surface area (Å²) in [6.07, 6.45) is 3.34. The van der Waals surface area contributed by atoms with E-state index >= 15 is 0 Å². The number of aromatic nitrogens is 2. The fourth-order valence-corrected chi connectivity index (χ4v) is 6.41. The van der Waals surface area contributed by atoms with Crippen LogP contribution in [0.25, 0.3) is 0 Å². The van der Waals surface area contributed by atoms with Crippen molar-refractivity contribution in [3.63, 3.8) is 0 Å². The van der Waals surface area contributed by atoms with Gasteiger partial charge in [-0.05, 0) is 37.1 Å². The summed E-state index contributed by atoms with van der Waals surface area (Å²) in [5.74, 6) is 0.239. The Morgan fingerprint density at radius 1 is 1.20 bits per heavy atom. The Hall–Kier alpha value is -1.36. The largest absolute Gasteiger partial charge is 0.300 e. The molecule has 1 amide bonds. The van der Waals surface area contributed by atoms with Gasteiger partial charge in [0.15, 0.2) is 0 Å². The first-order valence-corrected chi connectivity index (χ1v) is 11.4. The van der Waals surface area contributed by atoms with Crippen molar-refractivity contribution in [2.24, 2.45) is 5.92 Å². The molecule has 7 nitrogen and oxygen atoms in total. The van der Waals surface area contributed by atoms with Gasteiger partial charge in [-0.2, -0.15) is 4.31 Å². The standard InChI is InChI=1S/C15H18N4O3S3/c20-13(16-15-18-17-14(24-15)11-3-4-11)10-5-7-19(8-6-10)25(21,22)12-2-1-9-23-12/h1-2,9-11H,3-8H2,(H,16,18,20). The minimum Gasteiger partial charge on any atom is -0.300 e. The molecule has 1 N–H and O–H groups in total. The Balaban J connectivity index is 1.34. The molecule has 1 saturated carbocycles. The molecule has 2 aromatic heterocycles. The summed E-state index contributed by atoms with van der Waals surface area (Å²) in [7, 11) is -3.43. The molecule has 0 radical (unpaired) electrons. The highest BCUT2D eigenvalue weighted by molar-refractivity contribution is 7.91. The van der Waals surface area contributed by atoms with Gasteiger partial charge in [-0.1, -0.05) is 17.4 Å². The van der Waals surface area contributed by atoms with E-state index in [4.69, 9.17) is 0 Å². The van der Waals surface area contributed by atoms with Crippen LogP contribution in [0.3, 0.4) is 0 Å². The van der Waals surface area contributed by atoms with Crippen LogP contribution >= 0.6 is 22.7 Å². The summed E-state index contributed by atoms with van der Waals surface area (Å²) in [6.45, 7) is 0.726. The molecular weight excluding hydrogens is 380 g/mol. The van der Waals surface area contributed by atoms with Crippen LogP contribution in [0.15, 0.2) is 21.7 Å². The average molecular weight is 399 g/mol. The van der Waals surface area contributed by atoms with Crippen LogP contribution in [0.2, 0.25) is 0 Å². The van der Waals surface area contributed by atoms with E-state index in [-0.39, 0.29) is 11.8 Å². The first-order valence-electron chi connectivity index (χ1n) is 8.22. The number of thiophene rings is 1. The lowest BCUT2D eigenvalue weighted by molar-refractivity contribution is -0.120. The summed E-state index contributed by atoms with van der Waals surface area (Å²) in [5.41, 5.74) is 0. The summed E-state index contributed by atoms with van der Waals surface area (Å²) >= 11 is 2.66. The third-order valence-corrected chi connectivity index (χ3v) is 8.78. The Morgan fingerprint density at radius 3 is 2.60 bits per heavy atom. The second-order valence-corrected chi connectivity index (χ2v) is 10.4. The summed E-state index contributed by atoms with van der Waals surface area (Å²) < 4.78 is 26.8. The molecule has 4 rings (SSSR count). The summed E-state index contributed by atoms with van der Waals surface area (Å²) in [4.78, 5) is 12.4. The van der Waals surface area contributed by atoms with Crippen molar-refractivity contribution in [3.8, 4) is 0 Å². The van der Waals surface area contributed by atoms with Crippen LogP contribution in [0, 0.1) is 5.92 Å². The number of piperidine rings is 1. The van der Waals surface area contributed by atoms with Gasteiger partial charge < -0.3 is 5.32 Å². The van der Waals surface area contributed by atoms with E-state index in [9.17, 15) is 13.2 Å². The molecule has 2 aromatic rings. The van der Waals surface area contributed by atoms with Crippen LogP contribution in [0.4, 0.5) is 5.13 Å². The number of hydrogen-bond donors (Lipinski definition) is 1. The Kier molecular flexibility index (Phi) is 4.61. The fraction of sp³-hybridized carbons (Fsp3) is 0.533. The van der Waals surface area contributed by atoms with Crippen molar-refractivity contribution in [3.05, 3.63) is 22.5 Å². The lowest BCUT2D eigenvalue weighted by atomic mass is 9.97. The SMILES string of the molecule is O=C(Nc1nnc(C2CC2)s1)C1CCN(S(=O)(=O)c2cccs2)CC1. The van der Waals surface area contributed by atoms with E-state index in [0.717, 1.165) is 17.8 Å². The molecule has 0 unspecified atom stereocenters.